The fraction of sp³-hybridized carbons (Fsp3) is 0.727. The molecule has 1 spiro atoms. The topological polar surface area (TPSA) is 66.4 Å². The molecule has 26 heavy (non-hydrogen) atoms. The van der Waals surface area contributed by atoms with Gasteiger partial charge in [0.05, 0.1) is 6.10 Å². The van der Waals surface area contributed by atoms with E-state index in [1.54, 1.807) is 0 Å². The number of carbonyl (C=O) groups is 2. The minimum absolute atomic E-state index is 0.0229. The molecule has 1 fully saturated rings. The van der Waals surface area contributed by atoms with Crippen molar-refractivity contribution in [1.82, 2.24) is 5.32 Å². The summed E-state index contributed by atoms with van der Waals surface area (Å²) in [5.74, 6) is 0.307. The van der Waals surface area contributed by atoms with Crippen LogP contribution in [0.2, 0.25) is 0 Å². The molecular weight excluding hydrogens is 326 g/mol. The average molecular weight is 360 g/mol. The number of ketones is 1. The second-order valence-electron chi connectivity index (χ2n) is 9.18. The Bertz CT molecular complexity index is 662. The monoisotopic (exact) mass is 359 g/mol. The fourth-order valence-corrected chi connectivity index (χ4v) is 5.57. The Morgan fingerprint density at radius 3 is 2.62 bits per heavy atom. The standard InChI is InChI=1S/C22H33NO3/c1-12(2)8-18-20-15(5)14(4)10-16-9-13(3)6-7-17(24)11-19(25)22(16,20)21(26)23-18/h6,10,12,15-18,20,24H,7-9,11H2,1-5H3,(H,23,26)/b13-6-/t15-,16+,17-,18+,20+,22-/m1/s1. The van der Waals surface area contributed by atoms with Crippen molar-refractivity contribution in [1.29, 1.82) is 0 Å². The lowest BCUT2D eigenvalue weighted by atomic mass is 9.54. The smallest absolute Gasteiger partial charge is 0.234 e. The van der Waals surface area contributed by atoms with Gasteiger partial charge in [-0.2, -0.15) is 0 Å². The zero-order chi connectivity index (χ0) is 19.2. The number of allylic oxidation sites excluding steroid dienone is 3. The lowest BCUT2D eigenvalue weighted by Crippen LogP contribution is -2.53. The van der Waals surface area contributed by atoms with E-state index < -0.39 is 11.5 Å². The van der Waals surface area contributed by atoms with E-state index in [2.05, 4.69) is 39.1 Å². The van der Waals surface area contributed by atoms with Crippen molar-refractivity contribution in [2.75, 3.05) is 0 Å². The summed E-state index contributed by atoms with van der Waals surface area (Å²) in [5, 5.41) is 13.5. The largest absolute Gasteiger partial charge is 0.392 e. The van der Waals surface area contributed by atoms with Crippen LogP contribution in [0.5, 0.6) is 0 Å². The maximum atomic E-state index is 13.5. The summed E-state index contributed by atoms with van der Waals surface area (Å²) in [7, 11) is 0. The van der Waals surface area contributed by atoms with Crippen LogP contribution in [-0.2, 0) is 9.59 Å². The van der Waals surface area contributed by atoms with Gasteiger partial charge in [0.2, 0.25) is 5.91 Å². The number of amides is 1. The minimum atomic E-state index is -1.03. The molecule has 1 heterocycles. The molecule has 0 radical (unpaired) electrons. The van der Waals surface area contributed by atoms with E-state index in [-0.39, 0.29) is 41.9 Å². The molecule has 2 N–H and O–H groups in total. The predicted octanol–water partition coefficient (Wildman–Crippen LogP) is 3.41. The highest BCUT2D eigenvalue weighted by atomic mass is 16.3. The van der Waals surface area contributed by atoms with Crippen molar-refractivity contribution in [2.45, 2.75) is 72.4 Å². The van der Waals surface area contributed by atoms with Gasteiger partial charge in [-0.15, -0.1) is 0 Å². The molecule has 0 unspecified atom stereocenters. The number of carbonyl (C=O) groups excluding carboxylic acids is 2. The van der Waals surface area contributed by atoms with E-state index in [1.807, 2.05) is 13.0 Å². The average Bonchev–Trinajstić information content (AvgIpc) is 2.84. The number of hydrogen-bond acceptors (Lipinski definition) is 3. The van der Waals surface area contributed by atoms with Gasteiger partial charge in [-0.1, -0.05) is 44.1 Å². The molecule has 4 nitrogen and oxygen atoms in total. The maximum absolute atomic E-state index is 13.5. The first kappa shape index (κ1) is 19.3. The molecule has 144 valence electrons. The molecule has 3 aliphatic rings. The second kappa shape index (κ2) is 6.95. The van der Waals surface area contributed by atoms with Crippen molar-refractivity contribution in [3.05, 3.63) is 23.3 Å². The van der Waals surface area contributed by atoms with E-state index in [1.165, 1.54) is 5.57 Å². The molecule has 0 saturated carbocycles. The Labute approximate surface area is 157 Å². The number of Topliss-reactive ketones (excluding diaryl/α,β-unsaturated/α-hetero) is 1. The van der Waals surface area contributed by atoms with Crippen LogP contribution in [0.3, 0.4) is 0 Å². The number of nitrogens with one attached hydrogen (secondary N) is 1. The Balaban J connectivity index is 2.16. The predicted molar refractivity (Wildman–Crippen MR) is 102 cm³/mol. The van der Waals surface area contributed by atoms with Crippen LogP contribution in [-0.4, -0.2) is 28.9 Å². The van der Waals surface area contributed by atoms with Gasteiger partial charge in [0.1, 0.15) is 5.41 Å². The fourth-order valence-electron chi connectivity index (χ4n) is 5.57. The zero-order valence-electron chi connectivity index (χ0n) is 16.7. The van der Waals surface area contributed by atoms with Crippen LogP contribution in [0.15, 0.2) is 23.3 Å². The van der Waals surface area contributed by atoms with E-state index >= 15 is 0 Å². The van der Waals surface area contributed by atoms with E-state index in [4.69, 9.17) is 0 Å². The summed E-state index contributed by atoms with van der Waals surface area (Å²) >= 11 is 0. The summed E-state index contributed by atoms with van der Waals surface area (Å²) < 4.78 is 0. The van der Waals surface area contributed by atoms with Crippen molar-refractivity contribution < 1.29 is 14.7 Å². The molecule has 0 aromatic heterocycles. The first-order chi connectivity index (χ1) is 12.2. The lowest BCUT2D eigenvalue weighted by molar-refractivity contribution is -0.147. The normalized spacial score (nSPS) is 42.7. The molecule has 0 bridgehead atoms. The van der Waals surface area contributed by atoms with E-state index in [9.17, 15) is 14.7 Å². The van der Waals surface area contributed by atoms with Gasteiger partial charge in [-0.05, 0) is 44.9 Å². The van der Waals surface area contributed by atoms with Crippen LogP contribution in [0, 0.1) is 29.1 Å². The number of aliphatic hydroxyl groups excluding tert-OH is 1. The van der Waals surface area contributed by atoms with Crippen LogP contribution in [0.25, 0.3) is 0 Å². The highest BCUT2D eigenvalue weighted by Crippen LogP contribution is 2.56. The third-order valence-corrected chi connectivity index (χ3v) is 6.85. The Kier molecular flexibility index (Phi) is 5.17. The van der Waals surface area contributed by atoms with Crippen LogP contribution in [0.4, 0.5) is 0 Å². The number of aliphatic hydroxyl groups is 1. The quantitative estimate of drug-likeness (QED) is 0.586. The van der Waals surface area contributed by atoms with Crippen molar-refractivity contribution >= 4 is 11.7 Å². The van der Waals surface area contributed by atoms with Gasteiger partial charge < -0.3 is 10.4 Å². The van der Waals surface area contributed by atoms with Crippen LogP contribution >= 0.6 is 0 Å². The first-order valence-corrected chi connectivity index (χ1v) is 10.0. The van der Waals surface area contributed by atoms with Crippen molar-refractivity contribution in [2.24, 2.45) is 29.1 Å². The Hall–Kier alpha value is -1.42. The Morgan fingerprint density at radius 1 is 1.27 bits per heavy atom. The zero-order valence-corrected chi connectivity index (χ0v) is 16.7. The highest BCUT2D eigenvalue weighted by Gasteiger charge is 2.65. The number of hydrogen-bond donors (Lipinski definition) is 2. The van der Waals surface area contributed by atoms with Gasteiger partial charge in [0.15, 0.2) is 5.78 Å². The summed E-state index contributed by atoms with van der Waals surface area (Å²) in [4.78, 5) is 26.8. The van der Waals surface area contributed by atoms with Gasteiger partial charge >= 0.3 is 0 Å². The lowest BCUT2D eigenvalue weighted by Gasteiger charge is -2.46. The van der Waals surface area contributed by atoms with E-state index in [0.29, 0.717) is 18.8 Å². The molecule has 0 aromatic carbocycles. The SMILES string of the molecule is CC1=C[C@@H]2C/C(C)=C\C[C@@H](O)CC(=O)[C@]23C(=O)N[C@@H](CC(C)C)[C@@H]3[C@@H]1C. The van der Waals surface area contributed by atoms with Gasteiger partial charge in [-0.25, -0.2) is 0 Å². The molecular formula is C22H33NO3. The maximum Gasteiger partial charge on any atom is 0.234 e. The molecule has 2 aliphatic carbocycles. The van der Waals surface area contributed by atoms with Crippen LogP contribution in [0.1, 0.15) is 60.3 Å². The van der Waals surface area contributed by atoms with Crippen molar-refractivity contribution in [3.63, 3.8) is 0 Å². The molecule has 3 rings (SSSR count). The van der Waals surface area contributed by atoms with E-state index in [0.717, 1.165) is 12.0 Å². The van der Waals surface area contributed by atoms with Crippen molar-refractivity contribution in [3.8, 4) is 0 Å². The molecule has 6 atom stereocenters. The third-order valence-electron chi connectivity index (χ3n) is 6.85. The minimum Gasteiger partial charge on any atom is -0.392 e. The molecule has 1 amide bonds. The summed E-state index contributed by atoms with van der Waals surface area (Å²) in [6.07, 6.45) is 5.65. The third kappa shape index (κ3) is 2.96. The van der Waals surface area contributed by atoms with Gasteiger partial charge in [0, 0.05) is 24.3 Å². The highest BCUT2D eigenvalue weighted by molar-refractivity contribution is 6.09. The molecule has 4 heteroatoms. The summed E-state index contributed by atoms with van der Waals surface area (Å²) in [5.41, 5.74) is 1.40. The number of rotatable bonds is 2. The molecule has 0 aromatic rings. The second-order valence-corrected chi connectivity index (χ2v) is 9.18. The molecule has 1 aliphatic heterocycles. The Morgan fingerprint density at radius 2 is 1.96 bits per heavy atom. The van der Waals surface area contributed by atoms with Gasteiger partial charge in [-0.3, -0.25) is 9.59 Å². The van der Waals surface area contributed by atoms with Crippen LogP contribution < -0.4 is 5.32 Å². The van der Waals surface area contributed by atoms with Gasteiger partial charge in [0.25, 0.3) is 0 Å². The summed E-state index contributed by atoms with van der Waals surface area (Å²) in [6.45, 7) is 10.7. The summed E-state index contributed by atoms with van der Waals surface area (Å²) in [6, 6.07) is 0.0229. The first-order valence-electron chi connectivity index (χ1n) is 10.0. The molecule has 1 saturated heterocycles.